The minimum atomic E-state index is -0.652. The van der Waals surface area contributed by atoms with Crippen molar-refractivity contribution in [3.8, 4) is 0 Å². The Balaban J connectivity index is 2.25. The number of pyridine rings is 1. The Hall–Kier alpha value is -2.43. The summed E-state index contributed by atoms with van der Waals surface area (Å²) in [6.45, 7) is 1.81. The lowest BCUT2D eigenvalue weighted by atomic mass is 10.1. The third-order valence-electron chi connectivity index (χ3n) is 2.48. The first-order valence-electron chi connectivity index (χ1n) is 5.36. The van der Waals surface area contributed by atoms with Crippen molar-refractivity contribution in [2.24, 2.45) is 0 Å². The summed E-state index contributed by atoms with van der Waals surface area (Å²) in [4.78, 5) is 15.9. The van der Waals surface area contributed by atoms with E-state index in [4.69, 9.17) is 5.73 Å². The molecule has 1 aromatic heterocycles. The van der Waals surface area contributed by atoms with Crippen molar-refractivity contribution < 1.29 is 9.18 Å². The van der Waals surface area contributed by atoms with Crippen LogP contribution < -0.4 is 11.1 Å². The molecular formula is C13H12FN3O. The van der Waals surface area contributed by atoms with Gasteiger partial charge in [0.15, 0.2) is 0 Å². The van der Waals surface area contributed by atoms with Gasteiger partial charge in [-0.3, -0.25) is 4.79 Å². The zero-order valence-corrected chi connectivity index (χ0v) is 9.77. The average molecular weight is 245 g/mol. The minimum Gasteiger partial charge on any atom is -0.399 e. The summed E-state index contributed by atoms with van der Waals surface area (Å²) in [5.74, 6) is -0.783. The van der Waals surface area contributed by atoms with E-state index >= 15 is 0 Å². The number of carbonyl (C=O) groups is 1. The van der Waals surface area contributed by atoms with Crippen molar-refractivity contribution in [3.05, 3.63) is 53.5 Å². The van der Waals surface area contributed by atoms with Crippen molar-refractivity contribution in [2.75, 3.05) is 11.1 Å². The van der Waals surface area contributed by atoms with Crippen molar-refractivity contribution in [2.45, 2.75) is 6.92 Å². The van der Waals surface area contributed by atoms with E-state index in [-0.39, 0.29) is 11.3 Å². The van der Waals surface area contributed by atoms with Gasteiger partial charge in [0.1, 0.15) is 11.6 Å². The summed E-state index contributed by atoms with van der Waals surface area (Å²) in [6, 6.07) is 7.50. The number of aromatic nitrogens is 1. The van der Waals surface area contributed by atoms with E-state index in [1.165, 1.54) is 12.1 Å². The Labute approximate surface area is 104 Å². The van der Waals surface area contributed by atoms with Crippen molar-refractivity contribution >= 4 is 17.4 Å². The molecule has 18 heavy (non-hydrogen) atoms. The number of aryl methyl sites for hydroxylation is 1. The third kappa shape index (κ3) is 2.45. The molecule has 0 bridgehead atoms. The minimum absolute atomic E-state index is 0.0609. The fraction of sp³-hybridized carbons (Fsp3) is 0.0769. The van der Waals surface area contributed by atoms with Crippen LogP contribution in [0.1, 0.15) is 15.9 Å². The molecule has 0 radical (unpaired) electrons. The second kappa shape index (κ2) is 4.83. The second-order valence-electron chi connectivity index (χ2n) is 3.86. The number of nitrogens with two attached hydrogens (primary N) is 1. The quantitative estimate of drug-likeness (QED) is 0.798. The Morgan fingerprint density at radius 3 is 2.83 bits per heavy atom. The first-order chi connectivity index (χ1) is 8.58. The number of nitrogens with zero attached hydrogens (tertiary/aromatic N) is 1. The number of nitrogen functional groups attached to an aromatic ring is 1. The molecule has 1 heterocycles. The molecule has 0 atom stereocenters. The molecule has 2 rings (SSSR count). The van der Waals surface area contributed by atoms with Gasteiger partial charge in [-0.05, 0) is 36.8 Å². The molecule has 1 amide bonds. The summed E-state index contributed by atoms with van der Waals surface area (Å²) in [5, 5.41) is 2.56. The lowest BCUT2D eigenvalue weighted by Gasteiger charge is -2.07. The zero-order chi connectivity index (χ0) is 13.1. The highest BCUT2D eigenvalue weighted by molar-refractivity contribution is 6.04. The normalized spacial score (nSPS) is 10.1. The van der Waals surface area contributed by atoms with Gasteiger partial charge in [0.25, 0.3) is 5.91 Å². The highest BCUT2D eigenvalue weighted by Crippen LogP contribution is 2.15. The Morgan fingerprint density at radius 2 is 2.17 bits per heavy atom. The SMILES string of the molecule is Cc1cccnc1NC(=O)c1ccc(N)cc1F. The number of hydrogen-bond donors (Lipinski definition) is 2. The predicted molar refractivity (Wildman–Crippen MR) is 67.7 cm³/mol. The number of anilines is 2. The van der Waals surface area contributed by atoms with Crippen LogP contribution >= 0.6 is 0 Å². The van der Waals surface area contributed by atoms with Gasteiger partial charge in [0, 0.05) is 11.9 Å². The highest BCUT2D eigenvalue weighted by Gasteiger charge is 2.13. The van der Waals surface area contributed by atoms with Gasteiger partial charge in [0.2, 0.25) is 0 Å². The second-order valence-corrected chi connectivity index (χ2v) is 3.86. The number of carbonyl (C=O) groups excluding carboxylic acids is 1. The molecule has 0 aliphatic carbocycles. The van der Waals surface area contributed by atoms with E-state index in [1.54, 1.807) is 12.3 Å². The van der Waals surface area contributed by atoms with Crippen molar-refractivity contribution in [1.29, 1.82) is 0 Å². The Bertz CT molecular complexity index is 599. The lowest BCUT2D eigenvalue weighted by molar-refractivity contribution is 0.102. The molecule has 0 fully saturated rings. The van der Waals surface area contributed by atoms with Crippen LogP contribution in [0.25, 0.3) is 0 Å². The van der Waals surface area contributed by atoms with Gasteiger partial charge >= 0.3 is 0 Å². The summed E-state index contributed by atoms with van der Waals surface area (Å²) in [5.41, 5.74) is 6.44. The van der Waals surface area contributed by atoms with Gasteiger partial charge < -0.3 is 11.1 Å². The van der Waals surface area contributed by atoms with Gasteiger partial charge in [-0.15, -0.1) is 0 Å². The number of benzene rings is 1. The first-order valence-corrected chi connectivity index (χ1v) is 5.36. The largest absolute Gasteiger partial charge is 0.399 e. The summed E-state index contributed by atoms with van der Waals surface area (Å²) < 4.78 is 13.5. The molecule has 0 saturated heterocycles. The van der Waals surface area contributed by atoms with E-state index in [9.17, 15) is 9.18 Å². The molecule has 5 heteroatoms. The molecule has 3 N–H and O–H groups in total. The van der Waals surface area contributed by atoms with Crippen molar-refractivity contribution in [3.63, 3.8) is 0 Å². The number of halogens is 1. The van der Waals surface area contributed by atoms with E-state index in [0.29, 0.717) is 5.82 Å². The zero-order valence-electron chi connectivity index (χ0n) is 9.77. The molecule has 0 spiro atoms. The topological polar surface area (TPSA) is 68.0 Å². The predicted octanol–water partition coefficient (Wildman–Crippen LogP) is 2.36. The molecule has 2 aromatic rings. The average Bonchev–Trinajstić information content (AvgIpc) is 2.32. The van der Waals surface area contributed by atoms with E-state index < -0.39 is 11.7 Å². The van der Waals surface area contributed by atoms with Crippen LogP contribution in [0.2, 0.25) is 0 Å². The smallest absolute Gasteiger partial charge is 0.259 e. The third-order valence-corrected chi connectivity index (χ3v) is 2.48. The van der Waals surface area contributed by atoms with Crippen LogP contribution in [0.15, 0.2) is 36.5 Å². The molecule has 92 valence electrons. The summed E-state index contributed by atoms with van der Waals surface area (Å²) in [6.07, 6.45) is 1.56. The Kier molecular flexibility index (Phi) is 3.23. The lowest BCUT2D eigenvalue weighted by Crippen LogP contribution is -2.15. The maximum Gasteiger partial charge on any atom is 0.259 e. The van der Waals surface area contributed by atoms with Crippen LogP contribution in [0, 0.1) is 12.7 Å². The maximum absolute atomic E-state index is 13.5. The molecule has 1 aromatic carbocycles. The molecule has 0 aliphatic heterocycles. The summed E-state index contributed by atoms with van der Waals surface area (Å²) >= 11 is 0. The fourth-order valence-electron chi connectivity index (χ4n) is 1.51. The number of nitrogens with one attached hydrogen (secondary N) is 1. The van der Waals surface area contributed by atoms with Crippen LogP contribution in [0.5, 0.6) is 0 Å². The van der Waals surface area contributed by atoms with E-state index in [0.717, 1.165) is 11.6 Å². The molecule has 0 saturated carbocycles. The van der Waals surface area contributed by atoms with Gasteiger partial charge in [-0.2, -0.15) is 0 Å². The fourth-order valence-corrected chi connectivity index (χ4v) is 1.51. The van der Waals surface area contributed by atoms with E-state index in [2.05, 4.69) is 10.3 Å². The maximum atomic E-state index is 13.5. The van der Waals surface area contributed by atoms with Gasteiger partial charge in [-0.1, -0.05) is 6.07 Å². The first kappa shape index (κ1) is 12.0. The number of rotatable bonds is 2. The standard InChI is InChI=1S/C13H12FN3O/c1-8-3-2-6-16-12(8)17-13(18)10-5-4-9(15)7-11(10)14/h2-7H,15H2,1H3,(H,16,17,18). The summed E-state index contributed by atoms with van der Waals surface area (Å²) in [7, 11) is 0. The van der Waals surface area contributed by atoms with Crippen LogP contribution in [-0.4, -0.2) is 10.9 Å². The molecule has 4 nitrogen and oxygen atoms in total. The number of amides is 1. The molecule has 0 aliphatic rings. The van der Waals surface area contributed by atoms with Gasteiger partial charge in [0.05, 0.1) is 5.56 Å². The van der Waals surface area contributed by atoms with Crippen LogP contribution in [0.3, 0.4) is 0 Å². The van der Waals surface area contributed by atoms with Crippen LogP contribution in [0.4, 0.5) is 15.9 Å². The molecular weight excluding hydrogens is 233 g/mol. The van der Waals surface area contributed by atoms with E-state index in [1.807, 2.05) is 13.0 Å². The highest BCUT2D eigenvalue weighted by atomic mass is 19.1. The van der Waals surface area contributed by atoms with Crippen LogP contribution in [-0.2, 0) is 0 Å². The Morgan fingerprint density at radius 1 is 1.39 bits per heavy atom. The number of hydrogen-bond acceptors (Lipinski definition) is 3. The monoisotopic (exact) mass is 245 g/mol. The van der Waals surface area contributed by atoms with Crippen molar-refractivity contribution in [1.82, 2.24) is 4.98 Å². The van der Waals surface area contributed by atoms with Gasteiger partial charge in [-0.25, -0.2) is 9.37 Å². The molecule has 0 unspecified atom stereocenters.